The Balaban J connectivity index is 1.02. The fraction of sp³-hybridized carbons (Fsp3) is 0.425. The topological polar surface area (TPSA) is 83.9 Å². The van der Waals surface area contributed by atoms with Crippen LogP contribution in [0.1, 0.15) is 37.7 Å². The van der Waals surface area contributed by atoms with Gasteiger partial charge in [-0.2, -0.15) is 0 Å². The minimum atomic E-state index is -3.51. The molecule has 1 N–H and O–H groups in total. The molecule has 0 radical (unpaired) electrons. The summed E-state index contributed by atoms with van der Waals surface area (Å²) in [6.07, 6.45) is 9.13. The second-order valence-corrected chi connectivity index (χ2v) is 16.1. The van der Waals surface area contributed by atoms with Crippen LogP contribution < -0.4 is 10.2 Å². The van der Waals surface area contributed by atoms with Crippen molar-refractivity contribution < 1.29 is 17.9 Å². The van der Waals surface area contributed by atoms with E-state index < -0.39 is 9.84 Å². The van der Waals surface area contributed by atoms with E-state index in [0.29, 0.717) is 21.6 Å². The van der Waals surface area contributed by atoms with Crippen LogP contribution in [0.5, 0.6) is 0 Å². The Bertz CT molecular complexity index is 1770. The Morgan fingerprint density at radius 1 is 0.816 bits per heavy atom. The molecule has 9 heteroatoms. The zero-order valence-electron chi connectivity index (χ0n) is 28.4. The molecular formula is C40H48N4O4S. The van der Waals surface area contributed by atoms with Crippen LogP contribution in [0.25, 0.3) is 0 Å². The molecule has 1 unspecified atom stereocenters. The maximum absolute atomic E-state index is 13.0. The van der Waals surface area contributed by atoms with Gasteiger partial charge in [-0.15, -0.1) is 0 Å². The third-order valence-corrected chi connectivity index (χ3v) is 13.1. The summed E-state index contributed by atoms with van der Waals surface area (Å²) >= 11 is 0. The summed E-state index contributed by atoms with van der Waals surface area (Å²) in [7, 11) is -1.87. The van der Waals surface area contributed by atoms with Gasteiger partial charge in [-0.1, -0.05) is 48.5 Å². The number of benzene rings is 3. The molecule has 8 nitrogen and oxygen atoms in total. The number of anilines is 1. The van der Waals surface area contributed by atoms with Gasteiger partial charge >= 0.3 is 6.09 Å². The van der Waals surface area contributed by atoms with Gasteiger partial charge in [-0.25, -0.2) is 13.2 Å². The van der Waals surface area contributed by atoms with Crippen LogP contribution in [0.3, 0.4) is 0 Å². The SMILES string of the molecule is CNC(=O)O[C@H]1CCC[C@@H]1C(Cn1cccc1)(c1ccccc1)C1CCN(CC2CN(c3ccc(S(=O)(=O)c4ccccc4)cc3)C2)CC1. The molecular weight excluding hydrogens is 633 g/mol. The van der Waals surface area contributed by atoms with Crippen molar-refractivity contribution in [3.8, 4) is 0 Å². The van der Waals surface area contributed by atoms with Gasteiger partial charge in [-0.3, -0.25) is 0 Å². The van der Waals surface area contributed by atoms with Gasteiger partial charge in [0.2, 0.25) is 9.84 Å². The molecule has 2 saturated heterocycles. The van der Waals surface area contributed by atoms with Gasteiger partial charge in [0.15, 0.2) is 0 Å². The first-order valence-electron chi connectivity index (χ1n) is 17.8. The number of ether oxygens (including phenoxy) is 1. The number of alkyl carbamates (subject to hydrolysis) is 1. The van der Waals surface area contributed by atoms with E-state index >= 15 is 0 Å². The van der Waals surface area contributed by atoms with E-state index in [1.165, 1.54) is 5.56 Å². The van der Waals surface area contributed by atoms with Crippen LogP contribution in [0.15, 0.2) is 119 Å². The molecule has 258 valence electrons. The zero-order chi connectivity index (χ0) is 33.8. The van der Waals surface area contributed by atoms with E-state index in [-0.39, 0.29) is 23.5 Å². The first kappa shape index (κ1) is 33.4. The van der Waals surface area contributed by atoms with Gasteiger partial charge in [0.25, 0.3) is 0 Å². The van der Waals surface area contributed by atoms with Crippen molar-refractivity contribution in [2.45, 2.75) is 60.0 Å². The Morgan fingerprint density at radius 2 is 1.45 bits per heavy atom. The van der Waals surface area contributed by atoms with Gasteiger partial charge in [0, 0.05) is 68.6 Å². The highest BCUT2D eigenvalue weighted by molar-refractivity contribution is 7.91. The quantitative estimate of drug-likeness (QED) is 0.192. The number of hydrogen-bond donors (Lipinski definition) is 1. The highest BCUT2D eigenvalue weighted by atomic mass is 32.2. The highest BCUT2D eigenvalue weighted by Gasteiger charge is 2.53. The molecule has 0 spiro atoms. The smallest absolute Gasteiger partial charge is 0.407 e. The molecule has 1 aliphatic carbocycles. The minimum absolute atomic E-state index is 0.109. The van der Waals surface area contributed by atoms with Crippen LogP contribution in [0.4, 0.5) is 10.5 Å². The van der Waals surface area contributed by atoms with Crippen molar-refractivity contribution in [1.29, 1.82) is 0 Å². The summed E-state index contributed by atoms with van der Waals surface area (Å²) < 4.78 is 34.5. The molecule has 7 rings (SSSR count). The zero-order valence-corrected chi connectivity index (χ0v) is 29.2. The van der Waals surface area contributed by atoms with E-state index in [9.17, 15) is 13.2 Å². The summed E-state index contributed by atoms with van der Waals surface area (Å²) in [5.41, 5.74) is 2.27. The molecule has 1 saturated carbocycles. The number of nitrogens with one attached hydrogen (secondary N) is 1. The number of rotatable bonds is 11. The number of hydrogen-bond acceptors (Lipinski definition) is 6. The predicted octanol–water partition coefficient (Wildman–Crippen LogP) is 6.63. The van der Waals surface area contributed by atoms with E-state index in [1.54, 1.807) is 43.4 Å². The fourth-order valence-electron chi connectivity index (χ4n) is 8.93. The van der Waals surface area contributed by atoms with E-state index in [1.807, 2.05) is 18.2 Å². The number of sulfone groups is 1. The van der Waals surface area contributed by atoms with Crippen LogP contribution >= 0.6 is 0 Å². The summed E-state index contributed by atoms with van der Waals surface area (Å²) in [6, 6.07) is 31.2. The van der Waals surface area contributed by atoms with Crippen molar-refractivity contribution in [3.63, 3.8) is 0 Å². The van der Waals surface area contributed by atoms with Crippen molar-refractivity contribution in [2.75, 3.05) is 44.7 Å². The summed E-state index contributed by atoms with van der Waals surface area (Å²) in [4.78, 5) is 18.1. The number of amides is 1. The second-order valence-electron chi connectivity index (χ2n) is 14.1. The normalized spacial score (nSPS) is 21.9. The van der Waals surface area contributed by atoms with E-state index in [0.717, 1.165) is 77.1 Å². The summed E-state index contributed by atoms with van der Waals surface area (Å²) in [5.74, 6) is 1.28. The lowest BCUT2D eigenvalue weighted by atomic mass is 9.58. The maximum atomic E-state index is 13.0. The number of aromatic nitrogens is 1. The molecule has 4 aromatic rings. The average molecular weight is 681 g/mol. The third kappa shape index (κ3) is 6.88. The Hall–Kier alpha value is -4.08. The third-order valence-electron chi connectivity index (χ3n) is 11.4. The molecule has 3 aromatic carbocycles. The van der Waals surface area contributed by atoms with Crippen LogP contribution in [-0.4, -0.2) is 69.9 Å². The molecule has 3 aliphatic rings. The number of carbonyl (C=O) groups excluding carboxylic acids is 1. The van der Waals surface area contributed by atoms with Crippen molar-refractivity contribution in [3.05, 3.63) is 115 Å². The molecule has 3 atom stereocenters. The summed E-state index contributed by atoms with van der Waals surface area (Å²) in [5, 5.41) is 2.69. The number of likely N-dealkylation sites (tertiary alicyclic amines) is 1. The van der Waals surface area contributed by atoms with Gasteiger partial charge in [-0.05, 0) is 105 Å². The van der Waals surface area contributed by atoms with Crippen LogP contribution in [-0.2, 0) is 26.5 Å². The van der Waals surface area contributed by atoms with E-state index in [4.69, 9.17) is 4.74 Å². The lowest BCUT2D eigenvalue weighted by Crippen LogP contribution is -2.55. The minimum Gasteiger partial charge on any atom is -0.446 e. The number of nitrogens with zero attached hydrogens (tertiary/aromatic N) is 3. The Morgan fingerprint density at radius 3 is 2.10 bits per heavy atom. The molecule has 2 aliphatic heterocycles. The van der Waals surface area contributed by atoms with Gasteiger partial charge < -0.3 is 24.4 Å². The van der Waals surface area contributed by atoms with Crippen molar-refractivity contribution in [2.24, 2.45) is 17.8 Å². The average Bonchev–Trinajstić information content (AvgIpc) is 3.82. The number of carbonyl (C=O) groups is 1. The molecule has 1 amide bonds. The number of piperidine rings is 1. The lowest BCUT2D eigenvalue weighted by Gasteiger charge is -2.51. The van der Waals surface area contributed by atoms with E-state index in [2.05, 4.69) is 74.5 Å². The second kappa shape index (κ2) is 14.4. The van der Waals surface area contributed by atoms with Crippen LogP contribution in [0.2, 0.25) is 0 Å². The van der Waals surface area contributed by atoms with Crippen molar-refractivity contribution >= 4 is 21.6 Å². The molecule has 49 heavy (non-hydrogen) atoms. The first-order valence-corrected chi connectivity index (χ1v) is 19.3. The summed E-state index contributed by atoms with van der Waals surface area (Å²) in [6.45, 7) is 6.02. The fourth-order valence-corrected chi connectivity index (χ4v) is 10.2. The highest BCUT2D eigenvalue weighted by Crippen LogP contribution is 2.52. The molecule has 1 aromatic heterocycles. The molecule has 0 bridgehead atoms. The molecule has 3 fully saturated rings. The van der Waals surface area contributed by atoms with Crippen molar-refractivity contribution in [1.82, 2.24) is 14.8 Å². The maximum Gasteiger partial charge on any atom is 0.407 e. The standard InChI is InChI=1S/C40H48N4O4S/c1-41-39(45)48-38-16-10-15-37(38)40(30-43-23-8-9-24-43,32-11-4-2-5-12-32)33-21-25-42(26-22-33)27-31-28-44(29-31)34-17-19-36(20-18-34)49(46,47)35-13-6-3-7-14-35/h2-9,11-14,17-20,23-24,31,33,37-38H,10,15-16,21-22,25-30H2,1H3,(H,41,45)/t37-,38-,40?/m0/s1. The van der Waals surface area contributed by atoms with Gasteiger partial charge in [0.1, 0.15) is 6.10 Å². The molecule has 3 heterocycles. The largest absolute Gasteiger partial charge is 0.446 e. The first-order chi connectivity index (χ1) is 23.9. The predicted molar refractivity (Wildman–Crippen MR) is 192 cm³/mol. The van der Waals surface area contributed by atoms with Gasteiger partial charge in [0.05, 0.1) is 9.79 Å². The lowest BCUT2D eigenvalue weighted by molar-refractivity contribution is 0.00209. The monoisotopic (exact) mass is 680 g/mol. The van der Waals surface area contributed by atoms with Crippen LogP contribution in [0, 0.1) is 17.8 Å². The Labute approximate surface area is 291 Å². The Kier molecular flexibility index (Phi) is 9.83.